The number of nitrogens with one attached hydrogen (secondary N) is 1. The van der Waals surface area contributed by atoms with Gasteiger partial charge in [-0.25, -0.2) is 14.4 Å². The van der Waals surface area contributed by atoms with Crippen LogP contribution in [0.1, 0.15) is 24.6 Å². The zero-order chi connectivity index (χ0) is 13.2. The third kappa shape index (κ3) is 3.04. The van der Waals surface area contributed by atoms with Crippen LogP contribution in [0.3, 0.4) is 0 Å². The Balaban J connectivity index is 1.86. The van der Waals surface area contributed by atoms with Gasteiger partial charge in [-0.15, -0.1) is 0 Å². The molecule has 2 aromatic rings. The Bertz CT molecular complexity index is 582. The minimum Gasteiger partial charge on any atom is -0.373 e. The molecule has 0 saturated heterocycles. The summed E-state index contributed by atoms with van der Waals surface area (Å²) in [7, 11) is 1.85. The second-order valence-corrected chi connectivity index (χ2v) is 5.62. The Hall–Kier alpha value is -1.62. The summed E-state index contributed by atoms with van der Waals surface area (Å²) < 4.78 is 12.9. The standard InChI is InChI=1S/C14H14FN3S/c1-16-12-8-13(18-14(17-12)9-2-3-9)19-11-6-4-10(15)5-7-11/h4-9H,2-3H2,1H3,(H,16,17,18). The average Bonchev–Trinajstić information content (AvgIpc) is 3.25. The molecule has 0 unspecified atom stereocenters. The lowest BCUT2D eigenvalue weighted by Gasteiger charge is -2.07. The van der Waals surface area contributed by atoms with Crippen LogP contribution in [0.25, 0.3) is 0 Å². The fraction of sp³-hybridized carbons (Fsp3) is 0.286. The summed E-state index contributed by atoms with van der Waals surface area (Å²) in [5.41, 5.74) is 0. The predicted octanol–water partition coefficient (Wildman–Crippen LogP) is 3.69. The molecule has 3 nitrogen and oxygen atoms in total. The maximum Gasteiger partial charge on any atom is 0.135 e. The van der Waals surface area contributed by atoms with Crippen molar-refractivity contribution < 1.29 is 4.39 Å². The quantitative estimate of drug-likeness (QED) is 0.864. The number of halogens is 1. The summed E-state index contributed by atoms with van der Waals surface area (Å²) in [6.07, 6.45) is 2.35. The summed E-state index contributed by atoms with van der Waals surface area (Å²) in [4.78, 5) is 10.0. The molecule has 1 fully saturated rings. The van der Waals surface area contributed by atoms with E-state index >= 15 is 0 Å². The first kappa shape index (κ1) is 12.4. The lowest BCUT2D eigenvalue weighted by molar-refractivity contribution is 0.626. The van der Waals surface area contributed by atoms with Gasteiger partial charge in [0.2, 0.25) is 0 Å². The minimum absolute atomic E-state index is 0.221. The van der Waals surface area contributed by atoms with Crippen molar-refractivity contribution in [3.05, 3.63) is 42.0 Å². The van der Waals surface area contributed by atoms with Crippen molar-refractivity contribution in [1.29, 1.82) is 0 Å². The second-order valence-electron chi connectivity index (χ2n) is 4.53. The van der Waals surface area contributed by atoms with E-state index in [9.17, 15) is 4.39 Å². The highest BCUT2D eigenvalue weighted by atomic mass is 32.2. The Morgan fingerprint density at radius 1 is 1.21 bits per heavy atom. The molecule has 1 aromatic carbocycles. The van der Waals surface area contributed by atoms with Gasteiger partial charge >= 0.3 is 0 Å². The van der Waals surface area contributed by atoms with E-state index < -0.39 is 0 Å². The summed E-state index contributed by atoms with van der Waals surface area (Å²) in [6, 6.07) is 8.37. The van der Waals surface area contributed by atoms with Gasteiger partial charge < -0.3 is 5.32 Å². The molecular weight excluding hydrogens is 261 g/mol. The van der Waals surface area contributed by atoms with E-state index in [1.54, 1.807) is 12.1 Å². The third-order valence-electron chi connectivity index (χ3n) is 2.95. The normalized spacial score (nSPS) is 14.4. The summed E-state index contributed by atoms with van der Waals surface area (Å²) in [5, 5.41) is 3.96. The molecule has 0 atom stereocenters. The van der Waals surface area contributed by atoms with Gasteiger partial charge in [-0.2, -0.15) is 0 Å². The van der Waals surface area contributed by atoms with Crippen LogP contribution >= 0.6 is 11.8 Å². The Morgan fingerprint density at radius 3 is 2.58 bits per heavy atom. The van der Waals surface area contributed by atoms with Crippen LogP contribution in [0.2, 0.25) is 0 Å². The van der Waals surface area contributed by atoms with Gasteiger partial charge in [-0.1, -0.05) is 11.8 Å². The molecule has 1 N–H and O–H groups in total. The summed E-state index contributed by atoms with van der Waals surface area (Å²) in [6.45, 7) is 0. The van der Waals surface area contributed by atoms with Crippen molar-refractivity contribution in [2.75, 3.05) is 12.4 Å². The summed E-state index contributed by atoms with van der Waals surface area (Å²) >= 11 is 1.53. The van der Waals surface area contributed by atoms with Gasteiger partial charge in [0.1, 0.15) is 22.5 Å². The van der Waals surface area contributed by atoms with Crippen LogP contribution in [0.4, 0.5) is 10.2 Å². The Kier molecular flexibility index (Phi) is 3.38. The van der Waals surface area contributed by atoms with Crippen LogP contribution in [0.15, 0.2) is 40.3 Å². The molecule has 0 radical (unpaired) electrons. The van der Waals surface area contributed by atoms with E-state index in [0.29, 0.717) is 5.92 Å². The predicted molar refractivity (Wildman–Crippen MR) is 74.1 cm³/mol. The Labute approximate surface area is 115 Å². The largest absolute Gasteiger partial charge is 0.373 e. The average molecular weight is 275 g/mol. The van der Waals surface area contributed by atoms with Crippen molar-refractivity contribution in [2.45, 2.75) is 28.7 Å². The first-order chi connectivity index (χ1) is 9.24. The topological polar surface area (TPSA) is 37.8 Å². The summed E-state index contributed by atoms with van der Waals surface area (Å²) in [5.74, 6) is 2.04. The SMILES string of the molecule is CNc1cc(Sc2ccc(F)cc2)nc(C2CC2)n1. The second kappa shape index (κ2) is 5.17. The molecule has 19 heavy (non-hydrogen) atoms. The fourth-order valence-electron chi connectivity index (χ4n) is 1.77. The fourth-order valence-corrected chi connectivity index (χ4v) is 2.59. The Morgan fingerprint density at radius 2 is 1.95 bits per heavy atom. The molecule has 5 heteroatoms. The molecule has 0 aliphatic heterocycles. The van der Waals surface area contributed by atoms with Gasteiger partial charge in [0.25, 0.3) is 0 Å². The van der Waals surface area contributed by atoms with Crippen LogP contribution < -0.4 is 5.32 Å². The molecule has 0 spiro atoms. The van der Waals surface area contributed by atoms with E-state index in [0.717, 1.165) is 21.6 Å². The molecule has 0 bridgehead atoms. The van der Waals surface area contributed by atoms with Crippen LogP contribution in [-0.4, -0.2) is 17.0 Å². The lowest BCUT2D eigenvalue weighted by Crippen LogP contribution is -2.00. The number of rotatable bonds is 4. The van der Waals surface area contributed by atoms with E-state index in [4.69, 9.17) is 0 Å². The molecule has 1 aliphatic rings. The van der Waals surface area contributed by atoms with Gasteiger partial charge in [-0.3, -0.25) is 0 Å². The highest BCUT2D eigenvalue weighted by Gasteiger charge is 2.27. The highest BCUT2D eigenvalue weighted by Crippen LogP contribution is 2.39. The van der Waals surface area contributed by atoms with Gasteiger partial charge in [-0.05, 0) is 37.1 Å². The van der Waals surface area contributed by atoms with Crippen molar-refractivity contribution >= 4 is 17.6 Å². The monoisotopic (exact) mass is 275 g/mol. The van der Waals surface area contributed by atoms with Crippen molar-refractivity contribution in [3.63, 3.8) is 0 Å². The van der Waals surface area contributed by atoms with Crippen LogP contribution in [0.5, 0.6) is 0 Å². The van der Waals surface area contributed by atoms with Gasteiger partial charge in [0.15, 0.2) is 0 Å². The zero-order valence-electron chi connectivity index (χ0n) is 10.6. The van der Waals surface area contributed by atoms with Crippen molar-refractivity contribution in [3.8, 4) is 0 Å². The van der Waals surface area contributed by atoms with Crippen molar-refractivity contribution in [1.82, 2.24) is 9.97 Å². The molecule has 1 aromatic heterocycles. The van der Waals surface area contributed by atoms with E-state index in [-0.39, 0.29) is 5.82 Å². The van der Waals surface area contributed by atoms with E-state index in [1.165, 1.54) is 36.7 Å². The van der Waals surface area contributed by atoms with Gasteiger partial charge in [0, 0.05) is 23.9 Å². The molecule has 98 valence electrons. The maximum absolute atomic E-state index is 12.9. The first-order valence-electron chi connectivity index (χ1n) is 6.25. The van der Waals surface area contributed by atoms with Crippen molar-refractivity contribution in [2.24, 2.45) is 0 Å². The maximum atomic E-state index is 12.9. The molecular formula is C14H14FN3S. The number of anilines is 1. The third-order valence-corrected chi connectivity index (χ3v) is 3.88. The van der Waals surface area contributed by atoms with Crippen LogP contribution in [0, 0.1) is 5.82 Å². The number of hydrogen-bond donors (Lipinski definition) is 1. The highest BCUT2D eigenvalue weighted by molar-refractivity contribution is 7.99. The number of aromatic nitrogens is 2. The molecule has 1 saturated carbocycles. The van der Waals surface area contributed by atoms with Crippen LogP contribution in [-0.2, 0) is 0 Å². The van der Waals surface area contributed by atoms with Gasteiger partial charge in [0.05, 0.1) is 0 Å². The first-order valence-corrected chi connectivity index (χ1v) is 7.06. The molecule has 3 rings (SSSR count). The molecule has 1 aliphatic carbocycles. The van der Waals surface area contributed by atoms with E-state index in [1.807, 2.05) is 13.1 Å². The number of hydrogen-bond acceptors (Lipinski definition) is 4. The smallest absolute Gasteiger partial charge is 0.135 e. The minimum atomic E-state index is -0.221. The van der Waals surface area contributed by atoms with E-state index in [2.05, 4.69) is 15.3 Å². The lowest BCUT2D eigenvalue weighted by atomic mass is 10.4. The molecule has 1 heterocycles. The number of nitrogens with zero attached hydrogens (tertiary/aromatic N) is 2. The zero-order valence-corrected chi connectivity index (χ0v) is 11.4. The molecule has 0 amide bonds. The number of benzene rings is 1.